The first-order chi connectivity index (χ1) is 9.70. The summed E-state index contributed by atoms with van der Waals surface area (Å²) in [6.45, 7) is 4.48. The Hall–Kier alpha value is -0.870. The molecule has 1 aliphatic carbocycles. The fourth-order valence-electron chi connectivity index (χ4n) is 2.88. The number of nitrogens with zero attached hydrogens (tertiary/aromatic N) is 2. The molecule has 1 aliphatic rings. The maximum atomic E-state index is 12.4. The van der Waals surface area contributed by atoms with E-state index in [-0.39, 0.29) is 5.91 Å². The summed E-state index contributed by atoms with van der Waals surface area (Å²) in [6, 6.07) is 4.68. The van der Waals surface area contributed by atoms with E-state index in [9.17, 15) is 4.79 Å². The fraction of sp³-hybridized carbons (Fsp3) is 0.688. The Morgan fingerprint density at radius 3 is 2.70 bits per heavy atom. The Morgan fingerprint density at radius 1 is 1.35 bits per heavy atom. The highest BCUT2D eigenvalue weighted by Gasteiger charge is 2.23. The standard InChI is InChI=1S/C16H26N2OS/c1-3-18(12-15-10-7-11-20-15)13-16(19)17(2)14-8-5-4-6-9-14/h7,10-11,14H,3-6,8-9,12-13H2,1-2H3. The van der Waals surface area contributed by atoms with E-state index >= 15 is 0 Å². The molecule has 112 valence electrons. The zero-order valence-corrected chi connectivity index (χ0v) is 13.5. The van der Waals surface area contributed by atoms with E-state index in [4.69, 9.17) is 0 Å². The molecule has 1 heterocycles. The van der Waals surface area contributed by atoms with Crippen molar-refractivity contribution < 1.29 is 4.79 Å². The van der Waals surface area contributed by atoms with Crippen LogP contribution >= 0.6 is 11.3 Å². The molecule has 1 aromatic rings. The van der Waals surface area contributed by atoms with Gasteiger partial charge in [0.15, 0.2) is 0 Å². The van der Waals surface area contributed by atoms with Gasteiger partial charge in [-0.25, -0.2) is 0 Å². The molecule has 1 aromatic heterocycles. The van der Waals surface area contributed by atoms with Crippen LogP contribution in [0.1, 0.15) is 43.9 Å². The zero-order chi connectivity index (χ0) is 14.4. The Labute approximate surface area is 126 Å². The summed E-state index contributed by atoms with van der Waals surface area (Å²) in [5.74, 6) is 0.273. The van der Waals surface area contributed by atoms with Crippen molar-refractivity contribution in [1.82, 2.24) is 9.80 Å². The third-order valence-corrected chi connectivity index (χ3v) is 5.14. The smallest absolute Gasteiger partial charge is 0.236 e. The van der Waals surface area contributed by atoms with Crippen LogP contribution in [0, 0.1) is 0 Å². The van der Waals surface area contributed by atoms with Gasteiger partial charge in [0.2, 0.25) is 5.91 Å². The van der Waals surface area contributed by atoms with Crippen molar-refractivity contribution in [2.75, 3.05) is 20.1 Å². The molecule has 0 spiro atoms. The van der Waals surface area contributed by atoms with Gasteiger partial charge in [-0.15, -0.1) is 11.3 Å². The molecule has 0 unspecified atom stereocenters. The maximum Gasteiger partial charge on any atom is 0.236 e. The Kier molecular flexibility index (Phi) is 6.05. The van der Waals surface area contributed by atoms with Crippen molar-refractivity contribution in [3.8, 4) is 0 Å². The number of hydrogen-bond acceptors (Lipinski definition) is 3. The SMILES string of the molecule is CCN(CC(=O)N(C)C1CCCCC1)Cc1cccs1. The highest BCUT2D eigenvalue weighted by atomic mass is 32.1. The largest absolute Gasteiger partial charge is 0.342 e. The number of carbonyl (C=O) groups excluding carboxylic acids is 1. The molecule has 0 bridgehead atoms. The molecule has 0 N–H and O–H groups in total. The van der Waals surface area contributed by atoms with E-state index in [2.05, 4.69) is 29.3 Å². The van der Waals surface area contributed by atoms with Crippen LogP contribution in [0.25, 0.3) is 0 Å². The minimum atomic E-state index is 0.273. The van der Waals surface area contributed by atoms with Crippen LogP contribution in [-0.4, -0.2) is 41.9 Å². The van der Waals surface area contributed by atoms with Crippen LogP contribution in [0.5, 0.6) is 0 Å². The minimum absolute atomic E-state index is 0.273. The number of hydrogen-bond donors (Lipinski definition) is 0. The lowest BCUT2D eigenvalue weighted by molar-refractivity contribution is -0.133. The molecular weight excluding hydrogens is 268 g/mol. The second kappa shape index (κ2) is 7.79. The summed E-state index contributed by atoms with van der Waals surface area (Å²) in [5.41, 5.74) is 0. The normalized spacial score (nSPS) is 16.6. The Balaban J connectivity index is 1.84. The summed E-state index contributed by atoms with van der Waals surface area (Å²) in [6.07, 6.45) is 6.24. The maximum absolute atomic E-state index is 12.4. The summed E-state index contributed by atoms with van der Waals surface area (Å²) in [5, 5.41) is 2.10. The molecule has 4 heteroatoms. The number of rotatable bonds is 6. The average molecular weight is 294 g/mol. The molecule has 0 aromatic carbocycles. The van der Waals surface area contributed by atoms with Crippen molar-refractivity contribution in [3.63, 3.8) is 0 Å². The predicted molar refractivity (Wildman–Crippen MR) is 84.9 cm³/mol. The van der Waals surface area contributed by atoms with Crippen LogP contribution < -0.4 is 0 Å². The van der Waals surface area contributed by atoms with E-state index < -0.39 is 0 Å². The van der Waals surface area contributed by atoms with Crippen LogP contribution in [0.3, 0.4) is 0 Å². The van der Waals surface area contributed by atoms with E-state index in [0.717, 1.165) is 13.1 Å². The molecular formula is C16H26N2OS. The number of carbonyl (C=O) groups is 1. The van der Waals surface area contributed by atoms with Gasteiger partial charge in [0, 0.05) is 24.5 Å². The highest BCUT2D eigenvalue weighted by Crippen LogP contribution is 2.22. The van der Waals surface area contributed by atoms with Gasteiger partial charge in [-0.1, -0.05) is 32.3 Å². The summed E-state index contributed by atoms with van der Waals surface area (Å²) in [4.78, 5) is 18.0. The van der Waals surface area contributed by atoms with Crippen molar-refractivity contribution in [1.29, 1.82) is 0 Å². The first-order valence-electron chi connectivity index (χ1n) is 7.71. The minimum Gasteiger partial charge on any atom is -0.342 e. The second-order valence-corrected chi connectivity index (χ2v) is 6.71. The van der Waals surface area contributed by atoms with Gasteiger partial charge in [0.1, 0.15) is 0 Å². The van der Waals surface area contributed by atoms with Gasteiger partial charge in [0.25, 0.3) is 0 Å². The third kappa shape index (κ3) is 4.32. The fourth-order valence-corrected chi connectivity index (χ4v) is 3.62. The molecule has 1 fully saturated rings. The van der Waals surface area contributed by atoms with E-state index in [1.54, 1.807) is 11.3 Å². The quantitative estimate of drug-likeness (QED) is 0.803. The van der Waals surface area contributed by atoms with Gasteiger partial charge >= 0.3 is 0 Å². The third-order valence-electron chi connectivity index (χ3n) is 4.28. The number of likely N-dealkylation sites (N-methyl/N-ethyl adjacent to an activating group) is 2. The van der Waals surface area contributed by atoms with Crippen LogP contribution in [0.4, 0.5) is 0 Å². The molecule has 20 heavy (non-hydrogen) atoms. The average Bonchev–Trinajstić information content (AvgIpc) is 2.99. The Bertz CT molecular complexity index is 399. The summed E-state index contributed by atoms with van der Waals surface area (Å²) >= 11 is 1.76. The lowest BCUT2D eigenvalue weighted by atomic mass is 9.94. The summed E-state index contributed by atoms with van der Waals surface area (Å²) in [7, 11) is 1.98. The van der Waals surface area contributed by atoms with Crippen molar-refractivity contribution in [2.45, 2.75) is 51.6 Å². The van der Waals surface area contributed by atoms with Crippen LogP contribution in [0.15, 0.2) is 17.5 Å². The second-order valence-electron chi connectivity index (χ2n) is 5.68. The number of thiophene rings is 1. The van der Waals surface area contributed by atoms with Gasteiger partial charge < -0.3 is 4.90 Å². The lowest BCUT2D eigenvalue weighted by Gasteiger charge is -2.32. The molecule has 0 saturated heterocycles. The monoisotopic (exact) mass is 294 g/mol. The van der Waals surface area contributed by atoms with Crippen molar-refractivity contribution in [3.05, 3.63) is 22.4 Å². The van der Waals surface area contributed by atoms with E-state index in [1.165, 1.54) is 37.0 Å². The first kappa shape index (κ1) is 15.5. The molecule has 0 atom stereocenters. The lowest BCUT2D eigenvalue weighted by Crippen LogP contribution is -2.43. The zero-order valence-electron chi connectivity index (χ0n) is 12.7. The topological polar surface area (TPSA) is 23.6 Å². The molecule has 1 saturated carbocycles. The van der Waals surface area contributed by atoms with Crippen LogP contribution in [-0.2, 0) is 11.3 Å². The molecule has 2 rings (SSSR count). The van der Waals surface area contributed by atoms with Crippen LogP contribution in [0.2, 0.25) is 0 Å². The van der Waals surface area contributed by atoms with Gasteiger partial charge in [-0.05, 0) is 30.8 Å². The van der Waals surface area contributed by atoms with Crippen molar-refractivity contribution >= 4 is 17.2 Å². The van der Waals surface area contributed by atoms with Crippen molar-refractivity contribution in [2.24, 2.45) is 0 Å². The first-order valence-corrected chi connectivity index (χ1v) is 8.59. The highest BCUT2D eigenvalue weighted by molar-refractivity contribution is 7.09. The van der Waals surface area contributed by atoms with E-state index in [0.29, 0.717) is 12.6 Å². The number of amides is 1. The molecule has 3 nitrogen and oxygen atoms in total. The predicted octanol–water partition coefficient (Wildman–Crippen LogP) is 3.36. The molecule has 0 aliphatic heterocycles. The molecule has 0 radical (unpaired) electrons. The van der Waals surface area contributed by atoms with Gasteiger partial charge in [-0.2, -0.15) is 0 Å². The van der Waals surface area contributed by atoms with Gasteiger partial charge in [-0.3, -0.25) is 9.69 Å². The Morgan fingerprint density at radius 2 is 2.10 bits per heavy atom. The van der Waals surface area contributed by atoms with E-state index in [1.807, 2.05) is 11.9 Å². The molecule has 1 amide bonds. The summed E-state index contributed by atoms with van der Waals surface area (Å²) < 4.78 is 0. The van der Waals surface area contributed by atoms with Gasteiger partial charge in [0.05, 0.1) is 6.54 Å².